The van der Waals surface area contributed by atoms with Crippen LogP contribution in [-0.4, -0.2) is 58.4 Å². The van der Waals surface area contributed by atoms with Crippen LogP contribution in [0.3, 0.4) is 0 Å². The summed E-state index contributed by atoms with van der Waals surface area (Å²) in [5, 5.41) is 0. The van der Waals surface area contributed by atoms with Crippen molar-refractivity contribution in [1.29, 1.82) is 0 Å². The number of rotatable bonds is 2. The molecule has 0 radical (unpaired) electrons. The van der Waals surface area contributed by atoms with E-state index in [1.54, 1.807) is 19.0 Å². The van der Waals surface area contributed by atoms with Crippen molar-refractivity contribution in [2.45, 2.75) is 26.4 Å². The van der Waals surface area contributed by atoms with E-state index >= 15 is 0 Å². The summed E-state index contributed by atoms with van der Waals surface area (Å²) in [6.07, 6.45) is 0.698. The number of nitrogens with zero attached hydrogens (tertiary/aromatic N) is 4. The van der Waals surface area contributed by atoms with Gasteiger partial charge in [0.15, 0.2) is 0 Å². The number of ether oxygens (including phenoxy) is 1. The topological polar surface area (TPSA) is 67.7 Å². The lowest BCUT2D eigenvalue weighted by Gasteiger charge is -2.33. The summed E-state index contributed by atoms with van der Waals surface area (Å²) >= 11 is 0. The molecule has 27 heavy (non-hydrogen) atoms. The van der Waals surface area contributed by atoms with E-state index in [4.69, 9.17) is 4.74 Å². The van der Waals surface area contributed by atoms with Gasteiger partial charge in [-0.3, -0.25) is 9.59 Å². The van der Waals surface area contributed by atoms with Crippen molar-refractivity contribution in [3.05, 3.63) is 47.0 Å². The maximum atomic E-state index is 13.0. The second-order valence-electron chi connectivity index (χ2n) is 7.39. The molecule has 0 bridgehead atoms. The molecule has 7 heteroatoms. The number of aromatic nitrogens is 2. The highest BCUT2D eigenvalue weighted by Gasteiger charge is 2.33. The Morgan fingerprint density at radius 1 is 1.22 bits per heavy atom. The van der Waals surface area contributed by atoms with E-state index in [9.17, 15) is 9.59 Å². The summed E-state index contributed by atoms with van der Waals surface area (Å²) < 4.78 is 7.73. The Morgan fingerprint density at radius 2 is 2.00 bits per heavy atom. The first-order chi connectivity index (χ1) is 13.0. The maximum Gasteiger partial charge on any atom is 0.271 e. The van der Waals surface area contributed by atoms with E-state index < -0.39 is 0 Å². The fraction of sp³-hybridized carbons (Fsp3) is 0.450. The van der Waals surface area contributed by atoms with Gasteiger partial charge in [0.25, 0.3) is 5.91 Å². The van der Waals surface area contributed by atoms with Crippen molar-refractivity contribution in [2.75, 3.05) is 27.2 Å². The molecule has 0 N–H and O–H groups in total. The molecule has 4 rings (SSSR count). The van der Waals surface area contributed by atoms with Crippen molar-refractivity contribution < 1.29 is 14.3 Å². The Hall–Kier alpha value is -2.83. The Labute approximate surface area is 158 Å². The molecule has 142 valence electrons. The zero-order valence-electron chi connectivity index (χ0n) is 15.9. The summed E-state index contributed by atoms with van der Waals surface area (Å²) in [7, 11) is 3.47. The molecule has 1 atom stereocenters. The van der Waals surface area contributed by atoms with E-state index in [0.29, 0.717) is 44.0 Å². The Balaban J connectivity index is 1.51. The Morgan fingerprint density at radius 3 is 2.78 bits per heavy atom. The van der Waals surface area contributed by atoms with Gasteiger partial charge in [-0.15, -0.1) is 0 Å². The van der Waals surface area contributed by atoms with Crippen LogP contribution in [0.25, 0.3) is 0 Å². The van der Waals surface area contributed by atoms with Gasteiger partial charge in [0.05, 0.1) is 18.2 Å². The molecule has 2 amide bonds. The number of amides is 2. The van der Waals surface area contributed by atoms with Crippen LogP contribution in [-0.2, 0) is 24.3 Å². The molecule has 0 spiro atoms. The van der Waals surface area contributed by atoms with Gasteiger partial charge in [0.2, 0.25) is 5.91 Å². The molecule has 0 saturated heterocycles. The van der Waals surface area contributed by atoms with Crippen LogP contribution in [0.4, 0.5) is 0 Å². The number of imidazole rings is 1. The average molecular weight is 368 g/mol. The first-order valence-corrected chi connectivity index (χ1v) is 9.23. The highest BCUT2D eigenvalue weighted by Crippen LogP contribution is 2.29. The summed E-state index contributed by atoms with van der Waals surface area (Å²) in [4.78, 5) is 33.4. The number of fused-ring (bicyclic) bond motifs is 2. The normalized spacial score (nSPS) is 18.3. The third-order valence-electron chi connectivity index (χ3n) is 5.30. The Kier molecular flexibility index (Phi) is 4.37. The molecule has 1 aromatic carbocycles. The van der Waals surface area contributed by atoms with Gasteiger partial charge in [0, 0.05) is 27.2 Å². The fourth-order valence-corrected chi connectivity index (χ4v) is 3.88. The standard InChI is InChI=1S/C20H24N4O3/c1-13-18(20(26)22(2)3)24-9-8-23(11-17(24)21-13)19(25)15-10-14-6-4-5-7-16(14)27-12-15/h4-7,15H,8-12H2,1-3H3/t15-/m0/s1. The fourth-order valence-electron chi connectivity index (χ4n) is 3.88. The van der Waals surface area contributed by atoms with Gasteiger partial charge in [-0.05, 0) is 25.0 Å². The number of carbonyl (C=O) groups is 2. The maximum absolute atomic E-state index is 13.0. The molecule has 2 aliphatic heterocycles. The monoisotopic (exact) mass is 368 g/mol. The lowest BCUT2D eigenvalue weighted by Crippen LogP contribution is -2.45. The quantitative estimate of drug-likeness (QED) is 0.805. The number of carbonyl (C=O) groups excluding carboxylic acids is 2. The largest absolute Gasteiger partial charge is 0.492 e. The van der Waals surface area contributed by atoms with Crippen LogP contribution in [0.5, 0.6) is 5.75 Å². The Bertz CT molecular complexity index is 903. The molecule has 7 nitrogen and oxygen atoms in total. The number of hydrogen-bond acceptors (Lipinski definition) is 4. The highest BCUT2D eigenvalue weighted by molar-refractivity contribution is 5.93. The molecular weight excluding hydrogens is 344 g/mol. The van der Waals surface area contributed by atoms with E-state index in [2.05, 4.69) is 4.98 Å². The zero-order valence-corrected chi connectivity index (χ0v) is 15.9. The predicted octanol–water partition coefficient (Wildman–Crippen LogP) is 1.49. The number of aryl methyl sites for hydroxylation is 1. The van der Waals surface area contributed by atoms with Gasteiger partial charge >= 0.3 is 0 Å². The van der Waals surface area contributed by atoms with E-state index in [1.165, 1.54) is 0 Å². The third kappa shape index (κ3) is 3.07. The van der Waals surface area contributed by atoms with E-state index in [0.717, 1.165) is 17.1 Å². The highest BCUT2D eigenvalue weighted by atomic mass is 16.5. The molecule has 0 saturated carbocycles. The number of para-hydroxylation sites is 1. The molecule has 3 heterocycles. The smallest absolute Gasteiger partial charge is 0.271 e. The minimum Gasteiger partial charge on any atom is -0.492 e. The van der Waals surface area contributed by atoms with Gasteiger partial charge < -0.3 is 19.1 Å². The van der Waals surface area contributed by atoms with Crippen LogP contribution in [0.2, 0.25) is 0 Å². The zero-order chi connectivity index (χ0) is 19.1. The second kappa shape index (κ2) is 6.72. The molecular formula is C20H24N4O3. The van der Waals surface area contributed by atoms with Crippen molar-refractivity contribution in [1.82, 2.24) is 19.4 Å². The van der Waals surface area contributed by atoms with Gasteiger partial charge in [0.1, 0.15) is 23.9 Å². The summed E-state index contributed by atoms with van der Waals surface area (Å²) in [6, 6.07) is 7.87. The van der Waals surface area contributed by atoms with Crippen molar-refractivity contribution in [2.24, 2.45) is 5.92 Å². The average Bonchev–Trinajstić information content (AvgIpc) is 3.01. The summed E-state index contributed by atoms with van der Waals surface area (Å²) in [5.74, 6) is 1.51. The molecule has 2 aliphatic rings. The molecule has 1 aromatic heterocycles. The van der Waals surface area contributed by atoms with Crippen LogP contribution < -0.4 is 4.74 Å². The lowest BCUT2D eigenvalue weighted by atomic mass is 9.95. The van der Waals surface area contributed by atoms with Gasteiger partial charge in [-0.25, -0.2) is 4.98 Å². The van der Waals surface area contributed by atoms with Crippen LogP contribution >= 0.6 is 0 Å². The molecule has 0 fully saturated rings. The minimum absolute atomic E-state index is 0.0525. The minimum atomic E-state index is -0.176. The van der Waals surface area contributed by atoms with Crippen LogP contribution in [0.1, 0.15) is 27.6 Å². The van der Waals surface area contributed by atoms with Crippen molar-refractivity contribution in [3.8, 4) is 5.75 Å². The summed E-state index contributed by atoms with van der Waals surface area (Å²) in [6.45, 7) is 3.84. The lowest BCUT2D eigenvalue weighted by molar-refractivity contribution is -0.138. The number of hydrogen-bond donors (Lipinski definition) is 0. The van der Waals surface area contributed by atoms with Crippen LogP contribution in [0, 0.1) is 12.8 Å². The molecule has 0 unspecified atom stereocenters. The third-order valence-corrected chi connectivity index (χ3v) is 5.30. The SMILES string of the molecule is Cc1nc2n(c1C(=O)N(C)C)CCN(C(=O)[C@@H]1COc3ccccc3C1)C2. The van der Waals surface area contributed by atoms with Crippen molar-refractivity contribution in [3.63, 3.8) is 0 Å². The number of benzene rings is 1. The first kappa shape index (κ1) is 17.6. The molecule has 2 aromatic rings. The first-order valence-electron chi connectivity index (χ1n) is 9.23. The molecule has 0 aliphatic carbocycles. The predicted molar refractivity (Wildman–Crippen MR) is 99.5 cm³/mol. The van der Waals surface area contributed by atoms with Gasteiger partial charge in [-0.1, -0.05) is 18.2 Å². The van der Waals surface area contributed by atoms with E-state index in [-0.39, 0.29) is 17.7 Å². The second-order valence-corrected chi connectivity index (χ2v) is 7.39. The van der Waals surface area contributed by atoms with Crippen molar-refractivity contribution >= 4 is 11.8 Å². The van der Waals surface area contributed by atoms with Crippen LogP contribution in [0.15, 0.2) is 24.3 Å². The summed E-state index contributed by atoms with van der Waals surface area (Å²) in [5.41, 5.74) is 2.42. The van der Waals surface area contributed by atoms with Gasteiger partial charge in [-0.2, -0.15) is 0 Å². The van der Waals surface area contributed by atoms with E-state index in [1.807, 2.05) is 40.7 Å².